The molecular formula is C18H18ClNO5. The molecule has 2 rings (SSSR count). The number of likely N-dealkylation sites (N-methyl/N-ethyl adjacent to an activating group) is 1. The minimum atomic E-state index is -1.87. The van der Waals surface area contributed by atoms with Crippen LogP contribution in [0.15, 0.2) is 48.5 Å². The third-order valence-electron chi connectivity index (χ3n) is 3.82. The first kappa shape index (κ1) is 18.9. The summed E-state index contributed by atoms with van der Waals surface area (Å²) in [4.78, 5) is 24.0. The number of nitrogens with zero attached hydrogens (tertiary/aromatic N) is 1. The average molecular weight is 364 g/mol. The molecule has 0 saturated carbocycles. The SMILES string of the molecule is COc1cccc(C(O)(CC(=O)C(=O)N(C)O)c2ccccc2Cl)c1. The molecule has 6 nitrogen and oxygen atoms in total. The number of methoxy groups -OCH3 is 1. The molecule has 2 N–H and O–H groups in total. The van der Waals surface area contributed by atoms with E-state index in [1.54, 1.807) is 48.5 Å². The summed E-state index contributed by atoms with van der Waals surface area (Å²) in [5, 5.41) is 21.0. The number of Topliss-reactive ketones (excluding diaryl/α,β-unsaturated/α-hetero) is 1. The summed E-state index contributed by atoms with van der Waals surface area (Å²) in [6.07, 6.45) is -0.590. The van der Waals surface area contributed by atoms with Crippen molar-refractivity contribution < 1.29 is 24.6 Å². The van der Waals surface area contributed by atoms with Crippen LogP contribution < -0.4 is 4.74 Å². The van der Waals surface area contributed by atoms with Gasteiger partial charge in [0.05, 0.1) is 13.5 Å². The number of benzene rings is 2. The van der Waals surface area contributed by atoms with Crippen LogP contribution in [0, 0.1) is 0 Å². The first-order valence-corrected chi connectivity index (χ1v) is 7.79. The van der Waals surface area contributed by atoms with Gasteiger partial charge in [0.15, 0.2) is 0 Å². The summed E-state index contributed by atoms with van der Waals surface area (Å²) in [5.41, 5.74) is -1.26. The highest BCUT2D eigenvalue weighted by atomic mass is 35.5. The van der Waals surface area contributed by atoms with Crippen molar-refractivity contribution in [2.24, 2.45) is 0 Å². The number of halogens is 1. The van der Waals surface area contributed by atoms with Gasteiger partial charge in [-0.25, -0.2) is 5.06 Å². The number of ether oxygens (including phenoxy) is 1. The van der Waals surface area contributed by atoms with Crippen LogP contribution >= 0.6 is 11.6 Å². The van der Waals surface area contributed by atoms with E-state index >= 15 is 0 Å². The van der Waals surface area contributed by atoms with Crippen molar-refractivity contribution in [3.8, 4) is 5.75 Å². The zero-order valence-corrected chi connectivity index (χ0v) is 14.5. The number of aliphatic hydroxyl groups is 1. The Morgan fingerprint density at radius 3 is 2.48 bits per heavy atom. The lowest BCUT2D eigenvalue weighted by Gasteiger charge is -2.30. The predicted molar refractivity (Wildman–Crippen MR) is 91.6 cm³/mol. The zero-order chi connectivity index (χ0) is 18.6. The van der Waals surface area contributed by atoms with Gasteiger partial charge < -0.3 is 9.84 Å². The molecule has 0 bridgehead atoms. The lowest BCUT2D eigenvalue weighted by molar-refractivity contribution is -0.166. The molecular weight excluding hydrogens is 346 g/mol. The monoisotopic (exact) mass is 363 g/mol. The molecule has 0 aliphatic heterocycles. The molecule has 0 aromatic heterocycles. The summed E-state index contributed by atoms with van der Waals surface area (Å²) >= 11 is 6.21. The van der Waals surface area contributed by atoms with Crippen LogP contribution in [-0.2, 0) is 15.2 Å². The van der Waals surface area contributed by atoms with Gasteiger partial charge in [-0.05, 0) is 23.8 Å². The van der Waals surface area contributed by atoms with Gasteiger partial charge >= 0.3 is 5.91 Å². The van der Waals surface area contributed by atoms with Crippen LogP contribution in [0.4, 0.5) is 0 Å². The van der Waals surface area contributed by atoms with Gasteiger partial charge in [0.1, 0.15) is 11.4 Å². The third-order valence-corrected chi connectivity index (χ3v) is 4.15. The maximum absolute atomic E-state index is 12.2. The maximum Gasteiger partial charge on any atom is 0.313 e. The Bertz CT molecular complexity index is 793. The number of ketones is 1. The smallest absolute Gasteiger partial charge is 0.313 e. The molecule has 0 heterocycles. The van der Waals surface area contributed by atoms with Crippen LogP contribution in [0.5, 0.6) is 5.75 Å². The van der Waals surface area contributed by atoms with E-state index in [2.05, 4.69) is 0 Å². The van der Waals surface area contributed by atoms with Crippen molar-refractivity contribution in [1.82, 2.24) is 5.06 Å². The van der Waals surface area contributed by atoms with Gasteiger partial charge in [-0.2, -0.15) is 0 Å². The van der Waals surface area contributed by atoms with Gasteiger partial charge in [0.2, 0.25) is 5.78 Å². The van der Waals surface area contributed by atoms with Crippen LogP contribution in [-0.4, -0.2) is 41.2 Å². The van der Waals surface area contributed by atoms with E-state index in [0.29, 0.717) is 11.3 Å². The van der Waals surface area contributed by atoms with E-state index in [4.69, 9.17) is 16.3 Å². The molecule has 25 heavy (non-hydrogen) atoms. The number of hydroxylamine groups is 2. The van der Waals surface area contributed by atoms with E-state index in [1.165, 1.54) is 7.11 Å². The van der Waals surface area contributed by atoms with Gasteiger partial charge in [-0.3, -0.25) is 14.8 Å². The van der Waals surface area contributed by atoms with E-state index in [9.17, 15) is 19.9 Å². The lowest BCUT2D eigenvalue weighted by Crippen LogP contribution is -2.38. The maximum atomic E-state index is 12.2. The molecule has 132 valence electrons. The normalized spacial score (nSPS) is 13.0. The van der Waals surface area contributed by atoms with Crippen molar-refractivity contribution >= 4 is 23.3 Å². The minimum absolute atomic E-state index is 0.181. The highest BCUT2D eigenvalue weighted by Crippen LogP contribution is 2.38. The zero-order valence-electron chi connectivity index (χ0n) is 13.8. The van der Waals surface area contributed by atoms with E-state index < -0.39 is 23.7 Å². The fraction of sp³-hybridized carbons (Fsp3) is 0.222. The highest BCUT2D eigenvalue weighted by molar-refractivity contribution is 6.36. The van der Waals surface area contributed by atoms with E-state index in [-0.39, 0.29) is 15.6 Å². The van der Waals surface area contributed by atoms with Crippen LogP contribution in [0.25, 0.3) is 0 Å². The van der Waals surface area contributed by atoms with Crippen molar-refractivity contribution in [1.29, 1.82) is 0 Å². The quantitative estimate of drug-likeness (QED) is 0.467. The molecule has 0 radical (unpaired) electrons. The van der Waals surface area contributed by atoms with Gasteiger partial charge in [0, 0.05) is 17.6 Å². The molecule has 0 fully saturated rings. The first-order chi connectivity index (χ1) is 11.8. The minimum Gasteiger partial charge on any atom is -0.497 e. The number of carbonyl (C=O) groups excluding carboxylic acids is 2. The molecule has 7 heteroatoms. The van der Waals surface area contributed by atoms with E-state index in [1.807, 2.05) is 0 Å². The summed E-state index contributed by atoms with van der Waals surface area (Å²) in [5.74, 6) is -1.62. The topological polar surface area (TPSA) is 87.1 Å². The third kappa shape index (κ3) is 3.99. The molecule has 1 unspecified atom stereocenters. The lowest BCUT2D eigenvalue weighted by atomic mass is 9.82. The summed E-state index contributed by atoms with van der Waals surface area (Å²) in [6, 6.07) is 13.0. The van der Waals surface area contributed by atoms with Crippen molar-refractivity contribution in [3.63, 3.8) is 0 Å². The number of amides is 1. The highest BCUT2D eigenvalue weighted by Gasteiger charge is 2.38. The van der Waals surface area contributed by atoms with E-state index in [0.717, 1.165) is 7.05 Å². The summed E-state index contributed by atoms with van der Waals surface area (Å²) < 4.78 is 5.16. The number of hydrogen-bond donors (Lipinski definition) is 2. The second-order valence-electron chi connectivity index (χ2n) is 5.50. The second-order valence-corrected chi connectivity index (χ2v) is 5.91. The second kappa shape index (κ2) is 7.65. The summed E-state index contributed by atoms with van der Waals surface area (Å²) in [7, 11) is 2.52. The Morgan fingerprint density at radius 1 is 1.20 bits per heavy atom. The Hall–Kier alpha value is -2.41. The van der Waals surface area contributed by atoms with Gasteiger partial charge in [-0.1, -0.05) is 41.9 Å². The summed E-state index contributed by atoms with van der Waals surface area (Å²) in [6.45, 7) is 0. The Balaban J connectivity index is 2.57. The van der Waals surface area contributed by atoms with Gasteiger partial charge in [0.25, 0.3) is 0 Å². The number of hydrogen-bond acceptors (Lipinski definition) is 5. The molecule has 0 aliphatic carbocycles. The average Bonchev–Trinajstić information content (AvgIpc) is 2.61. The van der Waals surface area contributed by atoms with Crippen molar-refractivity contribution in [2.75, 3.05) is 14.2 Å². The van der Waals surface area contributed by atoms with Crippen LogP contribution in [0.1, 0.15) is 17.5 Å². The molecule has 2 aromatic carbocycles. The molecule has 1 atom stereocenters. The number of carbonyl (C=O) groups is 2. The predicted octanol–water partition coefficient (Wildman–Crippen LogP) is 2.39. The van der Waals surface area contributed by atoms with Crippen molar-refractivity contribution in [2.45, 2.75) is 12.0 Å². The largest absolute Gasteiger partial charge is 0.497 e. The number of rotatable bonds is 6. The Labute approximate surface area is 150 Å². The van der Waals surface area contributed by atoms with Gasteiger partial charge in [-0.15, -0.1) is 0 Å². The molecule has 2 aromatic rings. The van der Waals surface area contributed by atoms with Crippen LogP contribution in [0.2, 0.25) is 5.02 Å². The Kier molecular flexibility index (Phi) is 5.79. The fourth-order valence-electron chi connectivity index (χ4n) is 2.52. The molecule has 0 aliphatic rings. The Morgan fingerprint density at radius 2 is 1.88 bits per heavy atom. The fourth-order valence-corrected chi connectivity index (χ4v) is 2.81. The standard InChI is InChI=1S/C18H18ClNO5/c1-20(24)17(22)16(21)11-18(23,14-8-3-4-9-15(14)19)12-6-5-7-13(10-12)25-2/h3-10,23-24H,11H2,1-2H3. The molecule has 0 spiro atoms. The molecule has 1 amide bonds. The van der Waals surface area contributed by atoms with Crippen molar-refractivity contribution in [3.05, 3.63) is 64.7 Å². The first-order valence-electron chi connectivity index (χ1n) is 7.41. The van der Waals surface area contributed by atoms with Crippen LogP contribution in [0.3, 0.4) is 0 Å². The molecule has 0 saturated heterocycles.